The summed E-state index contributed by atoms with van der Waals surface area (Å²) < 4.78 is 0. The van der Waals surface area contributed by atoms with Gasteiger partial charge in [-0.3, -0.25) is 4.90 Å². The molecule has 1 fully saturated rings. The average molecular weight is 243 g/mol. The Morgan fingerprint density at radius 1 is 1.28 bits per heavy atom. The fourth-order valence-electron chi connectivity index (χ4n) is 2.92. The monoisotopic (exact) mass is 243 g/mol. The molecule has 0 heterocycles. The maximum absolute atomic E-state index is 3.80. The van der Waals surface area contributed by atoms with Crippen molar-refractivity contribution in [3.63, 3.8) is 0 Å². The number of likely N-dealkylation sites (N-methyl/N-ethyl adjacent to an activating group) is 1. The summed E-state index contributed by atoms with van der Waals surface area (Å²) in [6.07, 6.45) is 7.54. The van der Waals surface area contributed by atoms with E-state index in [1.807, 2.05) is 6.08 Å². The van der Waals surface area contributed by atoms with Crippen LogP contribution in [0.2, 0.25) is 0 Å². The lowest BCUT2D eigenvalue weighted by atomic mass is 9.95. The van der Waals surface area contributed by atoms with Crippen molar-refractivity contribution in [2.24, 2.45) is 0 Å². The Bertz CT molecular complexity index is 373. The van der Waals surface area contributed by atoms with Gasteiger partial charge in [0.25, 0.3) is 0 Å². The van der Waals surface area contributed by atoms with Gasteiger partial charge in [0.2, 0.25) is 0 Å². The van der Waals surface area contributed by atoms with Gasteiger partial charge in [-0.05, 0) is 43.9 Å². The highest BCUT2D eigenvalue weighted by Crippen LogP contribution is 2.34. The molecule has 0 radical (unpaired) electrons. The lowest BCUT2D eigenvalue weighted by Gasteiger charge is -2.24. The molecule has 18 heavy (non-hydrogen) atoms. The zero-order valence-electron chi connectivity index (χ0n) is 11.7. The van der Waals surface area contributed by atoms with Crippen LogP contribution < -0.4 is 0 Å². The van der Waals surface area contributed by atoms with E-state index in [-0.39, 0.29) is 0 Å². The number of hydrogen-bond acceptors (Lipinski definition) is 1. The van der Waals surface area contributed by atoms with Crippen LogP contribution in [-0.4, -0.2) is 18.5 Å². The maximum Gasteiger partial charge on any atom is 0.0320 e. The Labute approximate surface area is 112 Å². The summed E-state index contributed by atoms with van der Waals surface area (Å²) in [5.74, 6) is 0.820. The van der Waals surface area contributed by atoms with Gasteiger partial charge in [-0.1, -0.05) is 43.2 Å². The van der Waals surface area contributed by atoms with E-state index in [0.717, 1.165) is 12.5 Å². The zero-order valence-corrected chi connectivity index (χ0v) is 11.7. The van der Waals surface area contributed by atoms with E-state index in [1.54, 1.807) is 0 Å². The number of hydrogen-bond donors (Lipinski definition) is 0. The van der Waals surface area contributed by atoms with Gasteiger partial charge in [0.15, 0.2) is 0 Å². The van der Waals surface area contributed by atoms with E-state index < -0.39 is 0 Å². The lowest BCUT2D eigenvalue weighted by Crippen LogP contribution is -2.22. The maximum atomic E-state index is 3.80. The number of rotatable bonds is 5. The molecule has 1 aromatic carbocycles. The summed E-state index contributed by atoms with van der Waals surface area (Å²) >= 11 is 0. The minimum atomic E-state index is 0.459. The van der Waals surface area contributed by atoms with E-state index in [0.29, 0.717) is 6.04 Å². The first-order valence-corrected chi connectivity index (χ1v) is 7.13. The van der Waals surface area contributed by atoms with E-state index >= 15 is 0 Å². The Morgan fingerprint density at radius 2 is 1.89 bits per heavy atom. The topological polar surface area (TPSA) is 3.24 Å². The Hall–Kier alpha value is -1.08. The molecule has 1 aliphatic carbocycles. The summed E-state index contributed by atoms with van der Waals surface area (Å²) in [6, 6.07) is 9.74. The van der Waals surface area contributed by atoms with Gasteiger partial charge in [0.1, 0.15) is 0 Å². The van der Waals surface area contributed by atoms with Crippen molar-refractivity contribution in [3.8, 4) is 0 Å². The van der Waals surface area contributed by atoms with Crippen LogP contribution in [0.3, 0.4) is 0 Å². The molecule has 98 valence electrons. The molecule has 1 saturated carbocycles. The Balaban J connectivity index is 2.04. The van der Waals surface area contributed by atoms with E-state index in [9.17, 15) is 0 Å². The molecule has 0 bridgehead atoms. The van der Waals surface area contributed by atoms with Crippen molar-refractivity contribution in [1.82, 2.24) is 4.90 Å². The van der Waals surface area contributed by atoms with Gasteiger partial charge in [-0.15, -0.1) is 6.58 Å². The van der Waals surface area contributed by atoms with E-state index in [1.165, 1.54) is 36.8 Å². The molecule has 0 saturated heterocycles. The molecule has 0 spiro atoms. The van der Waals surface area contributed by atoms with Crippen molar-refractivity contribution in [2.45, 2.75) is 44.6 Å². The first-order valence-electron chi connectivity index (χ1n) is 7.13. The third-order valence-corrected chi connectivity index (χ3v) is 4.32. The highest BCUT2D eigenvalue weighted by atomic mass is 15.1. The molecule has 1 heteroatoms. The Kier molecular flexibility index (Phi) is 4.60. The molecular weight excluding hydrogens is 218 g/mol. The third-order valence-electron chi connectivity index (χ3n) is 4.32. The first-order chi connectivity index (χ1) is 8.72. The summed E-state index contributed by atoms with van der Waals surface area (Å²) in [6.45, 7) is 7.00. The second kappa shape index (κ2) is 6.19. The second-order valence-corrected chi connectivity index (χ2v) is 5.55. The van der Waals surface area contributed by atoms with Crippen LogP contribution >= 0.6 is 0 Å². The molecule has 0 aromatic heterocycles. The van der Waals surface area contributed by atoms with Gasteiger partial charge < -0.3 is 0 Å². The minimum Gasteiger partial charge on any atom is -0.296 e. The predicted molar refractivity (Wildman–Crippen MR) is 78.9 cm³/mol. The molecule has 1 aromatic rings. The van der Waals surface area contributed by atoms with Crippen LogP contribution in [0.4, 0.5) is 0 Å². The normalized spacial score (nSPS) is 18.2. The minimum absolute atomic E-state index is 0.459. The van der Waals surface area contributed by atoms with Crippen LogP contribution in [0.25, 0.3) is 0 Å². The molecular formula is C17H25N. The smallest absolute Gasteiger partial charge is 0.0320 e. The van der Waals surface area contributed by atoms with E-state index in [4.69, 9.17) is 0 Å². The van der Waals surface area contributed by atoms with Gasteiger partial charge in [-0.25, -0.2) is 0 Å². The highest BCUT2D eigenvalue weighted by Gasteiger charge is 2.17. The number of benzene rings is 1. The summed E-state index contributed by atoms with van der Waals surface area (Å²) in [5, 5.41) is 0. The first kappa shape index (κ1) is 13.4. The van der Waals surface area contributed by atoms with E-state index in [2.05, 4.69) is 49.7 Å². The summed E-state index contributed by atoms with van der Waals surface area (Å²) in [5.41, 5.74) is 2.94. The molecule has 1 atom stereocenters. The zero-order chi connectivity index (χ0) is 13.0. The second-order valence-electron chi connectivity index (χ2n) is 5.55. The molecule has 1 nitrogen and oxygen atoms in total. The van der Waals surface area contributed by atoms with Crippen molar-refractivity contribution in [3.05, 3.63) is 48.0 Å². The molecule has 0 aliphatic heterocycles. The van der Waals surface area contributed by atoms with Crippen LogP contribution in [0.15, 0.2) is 36.9 Å². The fourth-order valence-corrected chi connectivity index (χ4v) is 2.92. The molecule has 0 amide bonds. The standard InChI is InChI=1S/C17H25N/c1-4-13-18(3)14(2)15-9-11-17(12-10-15)16-7-5-6-8-16/h4,9-12,14,16H,1,5-8,13H2,2-3H3. The molecule has 1 aliphatic rings. The molecule has 0 N–H and O–H groups in total. The van der Waals surface area contributed by atoms with Crippen molar-refractivity contribution in [1.29, 1.82) is 0 Å². The van der Waals surface area contributed by atoms with Crippen LogP contribution in [0.5, 0.6) is 0 Å². The van der Waals surface area contributed by atoms with Crippen molar-refractivity contribution in [2.75, 3.05) is 13.6 Å². The molecule has 2 rings (SSSR count). The van der Waals surface area contributed by atoms with Crippen LogP contribution in [0.1, 0.15) is 55.7 Å². The predicted octanol–water partition coefficient (Wildman–Crippen LogP) is 4.52. The third kappa shape index (κ3) is 3.02. The Morgan fingerprint density at radius 3 is 2.44 bits per heavy atom. The highest BCUT2D eigenvalue weighted by molar-refractivity contribution is 5.27. The quantitative estimate of drug-likeness (QED) is 0.687. The van der Waals surface area contributed by atoms with Crippen LogP contribution in [0, 0.1) is 0 Å². The van der Waals surface area contributed by atoms with Gasteiger partial charge in [-0.2, -0.15) is 0 Å². The summed E-state index contributed by atoms with van der Waals surface area (Å²) in [4.78, 5) is 2.32. The lowest BCUT2D eigenvalue weighted by molar-refractivity contribution is 0.290. The average Bonchev–Trinajstić information content (AvgIpc) is 2.92. The SMILES string of the molecule is C=CCN(C)C(C)c1ccc(C2CCCC2)cc1. The van der Waals surface area contributed by atoms with Gasteiger partial charge >= 0.3 is 0 Å². The fraction of sp³-hybridized carbons (Fsp3) is 0.529. The molecule has 1 unspecified atom stereocenters. The van der Waals surface area contributed by atoms with Crippen molar-refractivity contribution >= 4 is 0 Å². The largest absolute Gasteiger partial charge is 0.296 e. The van der Waals surface area contributed by atoms with Gasteiger partial charge in [0, 0.05) is 12.6 Å². The summed E-state index contributed by atoms with van der Waals surface area (Å²) in [7, 11) is 2.15. The van der Waals surface area contributed by atoms with Crippen molar-refractivity contribution < 1.29 is 0 Å². The van der Waals surface area contributed by atoms with Gasteiger partial charge in [0.05, 0.1) is 0 Å². The van der Waals surface area contributed by atoms with Crippen LogP contribution in [-0.2, 0) is 0 Å². The number of nitrogens with zero attached hydrogens (tertiary/aromatic N) is 1.